The van der Waals surface area contributed by atoms with Crippen molar-refractivity contribution in [2.75, 3.05) is 5.75 Å². The van der Waals surface area contributed by atoms with Crippen LogP contribution in [0.2, 0.25) is 5.02 Å². The van der Waals surface area contributed by atoms with Gasteiger partial charge in [-0.25, -0.2) is 0 Å². The minimum Gasteiger partial charge on any atom is -0.484 e. The summed E-state index contributed by atoms with van der Waals surface area (Å²) in [5.41, 5.74) is 2.27. The van der Waals surface area contributed by atoms with Crippen molar-refractivity contribution in [1.82, 2.24) is 20.1 Å². The second kappa shape index (κ2) is 9.61. The number of nitrogens with one attached hydrogen (secondary N) is 1. The van der Waals surface area contributed by atoms with E-state index in [9.17, 15) is 4.79 Å². The van der Waals surface area contributed by atoms with Gasteiger partial charge < -0.3 is 14.6 Å². The molecule has 1 aromatic heterocycles. The molecular weight excluding hydrogens is 396 g/mol. The van der Waals surface area contributed by atoms with Crippen LogP contribution in [0.5, 0.6) is 5.75 Å². The van der Waals surface area contributed by atoms with Crippen molar-refractivity contribution >= 4 is 29.3 Å². The van der Waals surface area contributed by atoms with Gasteiger partial charge >= 0.3 is 0 Å². The van der Waals surface area contributed by atoms with Crippen LogP contribution in [-0.2, 0) is 25.0 Å². The highest BCUT2D eigenvalue weighted by Crippen LogP contribution is 2.24. The first-order valence-corrected chi connectivity index (χ1v) is 10.1. The maximum absolute atomic E-state index is 12.1. The van der Waals surface area contributed by atoms with Crippen LogP contribution >= 0.6 is 23.4 Å². The fraction of sp³-hybridized carbons (Fsp3) is 0.250. The number of amides is 1. The van der Waals surface area contributed by atoms with Crippen LogP contribution in [0.1, 0.15) is 17.0 Å². The first-order chi connectivity index (χ1) is 13.5. The third-order valence-electron chi connectivity index (χ3n) is 4.19. The zero-order valence-electron chi connectivity index (χ0n) is 15.7. The lowest BCUT2D eigenvalue weighted by Gasteiger charge is -2.08. The van der Waals surface area contributed by atoms with Gasteiger partial charge in [-0.05, 0) is 30.2 Å². The molecule has 3 rings (SSSR count). The van der Waals surface area contributed by atoms with Gasteiger partial charge in [0.15, 0.2) is 11.0 Å². The van der Waals surface area contributed by atoms with Crippen molar-refractivity contribution in [3.63, 3.8) is 0 Å². The van der Waals surface area contributed by atoms with Crippen molar-refractivity contribution in [3.8, 4) is 5.75 Å². The quantitative estimate of drug-likeness (QED) is 0.566. The Bertz CT molecular complexity index is 961. The summed E-state index contributed by atoms with van der Waals surface area (Å²) >= 11 is 7.42. The topological polar surface area (TPSA) is 69.0 Å². The number of halogens is 1. The Morgan fingerprint density at radius 3 is 2.71 bits per heavy atom. The summed E-state index contributed by atoms with van der Waals surface area (Å²) in [6.45, 7) is 2.79. The Labute approximate surface area is 173 Å². The molecule has 0 bridgehead atoms. The van der Waals surface area contributed by atoms with Crippen molar-refractivity contribution < 1.29 is 9.53 Å². The molecule has 0 saturated carbocycles. The van der Waals surface area contributed by atoms with Crippen molar-refractivity contribution in [2.45, 2.75) is 25.2 Å². The van der Waals surface area contributed by atoms with Gasteiger partial charge in [-0.2, -0.15) is 0 Å². The number of carbonyl (C=O) groups is 1. The van der Waals surface area contributed by atoms with Crippen LogP contribution < -0.4 is 10.1 Å². The van der Waals surface area contributed by atoms with Gasteiger partial charge in [-0.15, -0.1) is 10.2 Å². The maximum atomic E-state index is 12.1. The van der Waals surface area contributed by atoms with Crippen LogP contribution in [0, 0.1) is 6.92 Å². The van der Waals surface area contributed by atoms with Gasteiger partial charge in [0.1, 0.15) is 12.4 Å². The molecule has 0 saturated heterocycles. The molecule has 0 atom stereocenters. The number of nitrogens with zero attached hydrogens (tertiary/aromatic N) is 3. The van der Waals surface area contributed by atoms with E-state index in [1.807, 2.05) is 54.9 Å². The highest BCUT2D eigenvalue weighted by atomic mass is 35.5. The fourth-order valence-electron chi connectivity index (χ4n) is 2.48. The molecule has 1 heterocycles. The summed E-state index contributed by atoms with van der Waals surface area (Å²) in [4.78, 5) is 12.1. The molecule has 8 heteroatoms. The lowest BCUT2D eigenvalue weighted by molar-refractivity contribution is -0.118. The lowest BCUT2D eigenvalue weighted by atomic mass is 10.1. The van der Waals surface area contributed by atoms with E-state index in [-0.39, 0.29) is 18.3 Å². The average Bonchev–Trinajstić information content (AvgIpc) is 3.05. The van der Waals surface area contributed by atoms with Crippen LogP contribution in [0.3, 0.4) is 0 Å². The second-order valence-electron chi connectivity index (χ2n) is 6.17. The number of aryl methyl sites for hydroxylation is 1. The number of carbonyl (C=O) groups excluding carboxylic acids is 1. The average molecular weight is 417 g/mol. The molecule has 3 aromatic rings. The summed E-state index contributed by atoms with van der Waals surface area (Å²) < 4.78 is 7.51. The zero-order valence-corrected chi connectivity index (χ0v) is 17.3. The number of benzene rings is 2. The Hall–Kier alpha value is -2.51. The largest absolute Gasteiger partial charge is 0.484 e. The molecule has 28 heavy (non-hydrogen) atoms. The number of thioether (sulfide) groups is 1. The zero-order chi connectivity index (χ0) is 19.9. The summed E-state index contributed by atoms with van der Waals surface area (Å²) in [5, 5.41) is 12.4. The highest BCUT2D eigenvalue weighted by molar-refractivity contribution is 7.99. The van der Waals surface area contributed by atoms with Gasteiger partial charge in [0.05, 0.1) is 10.8 Å². The molecule has 1 N–H and O–H groups in total. The number of hydrogen-bond acceptors (Lipinski definition) is 5. The molecule has 146 valence electrons. The second-order valence-corrected chi connectivity index (χ2v) is 7.52. The Morgan fingerprint density at radius 2 is 1.93 bits per heavy atom. The van der Waals surface area contributed by atoms with Gasteiger partial charge in [-0.3, -0.25) is 4.79 Å². The van der Waals surface area contributed by atoms with E-state index in [0.717, 1.165) is 11.1 Å². The van der Waals surface area contributed by atoms with Crippen LogP contribution in [0.4, 0.5) is 0 Å². The van der Waals surface area contributed by atoms with Crippen molar-refractivity contribution in [3.05, 3.63) is 70.5 Å². The first kappa shape index (κ1) is 20.2. The Kier molecular flexibility index (Phi) is 6.95. The molecule has 1 amide bonds. The van der Waals surface area contributed by atoms with E-state index < -0.39 is 0 Å². The Balaban J connectivity index is 1.49. The van der Waals surface area contributed by atoms with E-state index in [4.69, 9.17) is 16.3 Å². The molecule has 0 fully saturated rings. The third kappa shape index (κ3) is 5.27. The number of hydrogen-bond donors (Lipinski definition) is 1. The molecule has 0 spiro atoms. The van der Waals surface area contributed by atoms with Crippen LogP contribution in [0.15, 0.2) is 53.7 Å². The van der Waals surface area contributed by atoms with E-state index in [1.165, 1.54) is 11.8 Å². The third-order valence-corrected chi connectivity index (χ3v) is 5.52. The predicted molar refractivity (Wildman–Crippen MR) is 111 cm³/mol. The molecule has 0 aliphatic carbocycles. The molecule has 0 radical (unpaired) electrons. The predicted octanol–water partition coefficient (Wildman–Crippen LogP) is 3.76. The van der Waals surface area contributed by atoms with Gasteiger partial charge in [0.2, 0.25) is 5.91 Å². The van der Waals surface area contributed by atoms with Crippen molar-refractivity contribution in [1.29, 1.82) is 0 Å². The van der Waals surface area contributed by atoms with Crippen LogP contribution in [0.25, 0.3) is 0 Å². The van der Waals surface area contributed by atoms with Crippen molar-refractivity contribution in [2.24, 2.45) is 7.05 Å². The first-order valence-electron chi connectivity index (χ1n) is 8.74. The monoisotopic (exact) mass is 416 g/mol. The smallest absolute Gasteiger partial charge is 0.230 e. The SMILES string of the molecule is Cc1ccccc1CNC(=O)CSc1nnc(COc2ccccc2Cl)n1C. The number of aromatic nitrogens is 3. The number of rotatable bonds is 8. The van der Waals surface area contributed by atoms with E-state index in [1.54, 1.807) is 12.1 Å². The van der Waals surface area contributed by atoms with E-state index >= 15 is 0 Å². The molecular formula is C20H21ClN4O2S. The highest BCUT2D eigenvalue weighted by Gasteiger charge is 2.12. The van der Waals surface area contributed by atoms with Crippen LogP contribution in [-0.4, -0.2) is 26.4 Å². The normalized spacial score (nSPS) is 10.7. The minimum absolute atomic E-state index is 0.0508. The van der Waals surface area contributed by atoms with Gasteiger partial charge in [0.25, 0.3) is 0 Å². The van der Waals surface area contributed by atoms with Gasteiger partial charge in [0, 0.05) is 13.6 Å². The summed E-state index contributed by atoms with van der Waals surface area (Å²) in [6.07, 6.45) is 0. The molecule has 0 unspecified atom stereocenters. The number of ether oxygens (including phenoxy) is 1. The summed E-state index contributed by atoms with van der Waals surface area (Å²) in [5.74, 6) is 1.47. The van der Waals surface area contributed by atoms with Gasteiger partial charge in [-0.1, -0.05) is 59.8 Å². The fourth-order valence-corrected chi connectivity index (χ4v) is 3.43. The molecule has 2 aromatic carbocycles. The summed E-state index contributed by atoms with van der Waals surface area (Å²) in [6, 6.07) is 15.3. The maximum Gasteiger partial charge on any atom is 0.230 e. The molecule has 0 aliphatic heterocycles. The molecule has 6 nitrogen and oxygen atoms in total. The molecule has 0 aliphatic rings. The Morgan fingerprint density at radius 1 is 1.18 bits per heavy atom. The minimum atomic E-state index is -0.0508. The lowest BCUT2D eigenvalue weighted by Crippen LogP contribution is -2.25. The number of para-hydroxylation sites is 1. The standard InChI is InChI=1S/C20H21ClN4O2S/c1-14-7-3-4-8-15(14)11-22-19(26)13-28-20-24-23-18(25(20)2)12-27-17-10-6-5-9-16(17)21/h3-10H,11-13H2,1-2H3,(H,22,26). The van der Waals surface area contributed by atoms with E-state index in [2.05, 4.69) is 15.5 Å². The summed E-state index contributed by atoms with van der Waals surface area (Å²) in [7, 11) is 1.85. The van der Waals surface area contributed by atoms with E-state index in [0.29, 0.717) is 28.3 Å².